The Balaban J connectivity index is 1.83. The first-order valence-electron chi connectivity index (χ1n) is 9.69. The summed E-state index contributed by atoms with van der Waals surface area (Å²) in [5.41, 5.74) is 3.85. The van der Waals surface area contributed by atoms with Gasteiger partial charge in [-0.15, -0.1) is 22.9 Å². The summed E-state index contributed by atoms with van der Waals surface area (Å²) in [6.45, 7) is 5.62. The third kappa shape index (κ3) is 3.36. The van der Waals surface area contributed by atoms with Crippen molar-refractivity contribution in [2.45, 2.75) is 32.6 Å². The highest BCUT2D eigenvalue weighted by Gasteiger charge is 2.23. The van der Waals surface area contributed by atoms with Crippen molar-refractivity contribution >= 4 is 49.9 Å². The highest BCUT2D eigenvalue weighted by Crippen LogP contribution is 2.32. The topological polar surface area (TPSA) is 73.6 Å². The zero-order chi connectivity index (χ0) is 21.9. The van der Waals surface area contributed by atoms with Gasteiger partial charge in [0, 0.05) is 11.4 Å². The zero-order valence-electron chi connectivity index (χ0n) is 17.0. The Bertz CT molecular complexity index is 1500. The Morgan fingerprint density at radius 3 is 2.81 bits per heavy atom. The Morgan fingerprint density at radius 2 is 2.03 bits per heavy atom. The maximum absolute atomic E-state index is 14.9. The van der Waals surface area contributed by atoms with Gasteiger partial charge >= 0.3 is 0 Å². The third-order valence-electron chi connectivity index (χ3n) is 5.25. The molecule has 156 valence electrons. The van der Waals surface area contributed by atoms with Gasteiger partial charge in [0.15, 0.2) is 5.69 Å². The van der Waals surface area contributed by atoms with Gasteiger partial charge in [-0.3, -0.25) is 9.78 Å². The number of nitrogens with zero attached hydrogens (tertiary/aromatic N) is 5. The van der Waals surface area contributed by atoms with Crippen molar-refractivity contribution in [3.8, 4) is 10.7 Å². The molecule has 0 spiro atoms. The van der Waals surface area contributed by atoms with Gasteiger partial charge in [0.25, 0.3) is 0 Å². The van der Waals surface area contributed by atoms with Gasteiger partial charge in [0.2, 0.25) is 5.43 Å². The average Bonchev–Trinajstić information content (AvgIpc) is 3.13. The molecule has 1 aliphatic carbocycles. The number of rotatable bonds is 2. The minimum atomic E-state index is -0.489. The monoisotopic (exact) mass is 453 g/mol. The van der Waals surface area contributed by atoms with E-state index in [-0.39, 0.29) is 22.3 Å². The second kappa shape index (κ2) is 7.32. The van der Waals surface area contributed by atoms with Crippen molar-refractivity contribution < 1.29 is 4.39 Å². The molecule has 4 aromatic heterocycles. The first-order chi connectivity index (χ1) is 14.8. The zero-order valence-corrected chi connectivity index (χ0v) is 18.6. The molecule has 1 aliphatic rings. The average molecular weight is 454 g/mol. The molecule has 0 radical (unpaired) electrons. The molecule has 0 N–H and O–H groups in total. The lowest BCUT2D eigenvalue weighted by molar-refractivity contribution is 0.641. The molecule has 0 amide bonds. The van der Waals surface area contributed by atoms with E-state index in [0.29, 0.717) is 22.5 Å². The lowest BCUT2D eigenvalue weighted by atomic mass is 10.1. The van der Waals surface area contributed by atoms with Crippen LogP contribution in [-0.4, -0.2) is 30.1 Å². The number of aryl methyl sites for hydroxylation is 3. The van der Waals surface area contributed by atoms with E-state index in [0.717, 1.165) is 21.7 Å². The van der Waals surface area contributed by atoms with Crippen molar-refractivity contribution in [2.24, 2.45) is 0 Å². The fourth-order valence-electron chi connectivity index (χ4n) is 3.51. The van der Waals surface area contributed by atoms with E-state index in [9.17, 15) is 9.18 Å². The van der Waals surface area contributed by atoms with Crippen LogP contribution < -0.4 is 5.43 Å². The van der Waals surface area contributed by atoms with Crippen LogP contribution in [0.1, 0.15) is 23.4 Å². The van der Waals surface area contributed by atoms with E-state index in [4.69, 9.17) is 11.6 Å². The van der Waals surface area contributed by atoms with Crippen molar-refractivity contribution in [3.05, 3.63) is 63.5 Å². The van der Waals surface area contributed by atoms with E-state index < -0.39 is 11.2 Å². The minimum absolute atomic E-state index is 0.129. The first-order valence-corrected chi connectivity index (χ1v) is 10.9. The Labute approximate surface area is 185 Å². The van der Waals surface area contributed by atoms with Crippen molar-refractivity contribution in [3.63, 3.8) is 0 Å². The lowest BCUT2D eigenvalue weighted by Gasteiger charge is -2.18. The van der Waals surface area contributed by atoms with Gasteiger partial charge in [0.05, 0.1) is 27.5 Å². The molecular weight excluding hydrogens is 437 g/mol. The normalized spacial score (nSPS) is 16.6. The van der Waals surface area contributed by atoms with Gasteiger partial charge in [-0.25, -0.2) is 19.0 Å². The number of fused-ring (bicyclic) bond motifs is 2. The van der Waals surface area contributed by atoms with E-state index in [2.05, 4.69) is 20.1 Å². The number of allylic oxidation sites excluding steroid dienone is 4. The maximum atomic E-state index is 14.9. The number of hydrogen-bond donors (Lipinski definition) is 0. The van der Waals surface area contributed by atoms with E-state index in [1.807, 2.05) is 32.9 Å². The summed E-state index contributed by atoms with van der Waals surface area (Å²) in [4.78, 5) is 26.7. The fraction of sp³-hybridized carbons (Fsp3) is 0.227. The second-order valence-electron chi connectivity index (χ2n) is 7.52. The number of aromatic nitrogens is 5. The summed E-state index contributed by atoms with van der Waals surface area (Å²) >= 11 is 7.42. The highest BCUT2D eigenvalue weighted by atomic mass is 35.5. The van der Waals surface area contributed by atoms with Gasteiger partial charge in [-0.05, 0) is 51.0 Å². The molecule has 31 heavy (non-hydrogen) atoms. The molecule has 0 fully saturated rings. The van der Waals surface area contributed by atoms with Crippen molar-refractivity contribution in [1.29, 1.82) is 0 Å². The molecule has 0 bridgehead atoms. The van der Waals surface area contributed by atoms with Gasteiger partial charge < -0.3 is 0 Å². The number of thiazole rings is 1. The number of halogens is 2. The molecule has 5 rings (SSSR count). The summed E-state index contributed by atoms with van der Waals surface area (Å²) in [6.07, 6.45) is 5.17. The van der Waals surface area contributed by atoms with E-state index in [1.54, 1.807) is 12.3 Å². The summed E-state index contributed by atoms with van der Waals surface area (Å²) < 4.78 is 17.2. The number of hydrogen-bond acceptors (Lipinski definition) is 6. The van der Waals surface area contributed by atoms with Crippen LogP contribution in [0.5, 0.6) is 0 Å². The molecule has 9 heteroatoms. The second-order valence-corrected chi connectivity index (χ2v) is 9.11. The Morgan fingerprint density at radius 1 is 1.23 bits per heavy atom. The van der Waals surface area contributed by atoms with Crippen LogP contribution in [0, 0.1) is 20.8 Å². The molecule has 6 nitrogen and oxygen atoms in total. The third-order valence-corrected chi connectivity index (χ3v) is 6.58. The van der Waals surface area contributed by atoms with Crippen molar-refractivity contribution in [2.75, 3.05) is 0 Å². The maximum Gasteiger partial charge on any atom is 0.236 e. The van der Waals surface area contributed by atoms with Crippen molar-refractivity contribution in [1.82, 2.24) is 24.7 Å². The molecule has 0 saturated heterocycles. The highest BCUT2D eigenvalue weighted by molar-refractivity contribution is 7.21. The van der Waals surface area contributed by atoms with E-state index >= 15 is 0 Å². The standard InChI is InChI=1S/C22H17ClFN5OS/c1-10-6-17-19(26-12(10)3)21(30)20(22-27-15-9-25-11(2)7-18(15)31-22)28-29(17)16-5-4-13(23)8-14(16)24/h5-9,13H,4H2,1-3H3. The number of alkyl halides is 1. The van der Waals surface area contributed by atoms with Crippen LogP contribution >= 0.6 is 22.9 Å². The van der Waals surface area contributed by atoms with Gasteiger partial charge in [-0.1, -0.05) is 6.08 Å². The summed E-state index contributed by atoms with van der Waals surface area (Å²) in [5, 5.41) is 4.58. The van der Waals surface area contributed by atoms with Crippen LogP contribution in [0.3, 0.4) is 0 Å². The molecule has 4 heterocycles. The van der Waals surface area contributed by atoms with Gasteiger partial charge in [-0.2, -0.15) is 5.10 Å². The predicted octanol–water partition coefficient (Wildman–Crippen LogP) is 5.09. The molecule has 1 atom stereocenters. The smallest absolute Gasteiger partial charge is 0.236 e. The molecule has 4 aromatic rings. The fourth-order valence-corrected chi connectivity index (χ4v) is 4.72. The van der Waals surface area contributed by atoms with Crippen LogP contribution in [0.2, 0.25) is 0 Å². The summed E-state index contributed by atoms with van der Waals surface area (Å²) in [5.74, 6) is -0.489. The van der Waals surface area contributed by atoms with E-state index in [1.165, 1.54) is 22.1 Å². The summed E-state index contributed by atoms with van der Waals surface area (Å²) in [6, 6.07) is 3.72. The predicted molar refractivity (Wildman–Crippen MR) is 122 cm³/mol. The molecule has 0 aromatic carbocycles. The SMILES string of the molecule is Cc1cc2sc(-c3nn(C4=CCC(Cl)C=C4F)c4cc(C)c(C)nc4c3=O)nc2cn1. The quantitative estimate of drug-likeness (QED) is 0.395. The molecular formula is C22H17ClFN5OS. The van der Waals surface area contributed by atoms with Crippen LogP contribution in [-0.2, 0) is 0 Å². The van der Waals surface area contributed by atoms with Crippen LogP contribution in [0.25, 0.3) is 37.6 Å². The Hall–Kier alpha value is -2.97. The molecule has 0 aliphatic heterocycles. The molecule has 1 unspecified atom stereocenters. The molecule has 0 saturated carbocycles. The number of pyridine rings is 2. The minimum Gasteiger partial charge on any atom is -0.285 e. The first kappa shape index (κ1) is 20.0. The Kier molecular flexibility index (Phi) is 4.71. The summed E-state index contributed by atoms with van der Waals surface area (Å²) in [7, 11) is 0. The van der Waals surface area contributed by atoms with Gasteiger partial charge in [0.1, 0.15) is 21.9 Å². The van der Waals surface area contributed by atoms with Crippen LogP contribution in [0.15, 0.2) is 41.1 Å². The lowest BCUT2D eigenvalue weighted by Crippen LogP contribution is -2.19. The van der Waals surface area contributed by atoms with Crippen LogP contribution in [0.4, 0.5) is 4.39 Å². The largest absolute Gasteiger partial charge is 0.285 e.